The van der Waals surface area contributed by atoms with E-state index in [0.29, 0.717) is 18.2 Å². The Balaban J connectivity index is 2.08. The van der Waals surface area contributed by atoms with Crippen LogP contribution in [-0.4, -0.2) is 16.5 Å². The van der Waals surface area contributed by atoms with Crippen molar-refractivity contribution in [3.8, 4) is 11.4 Å². The van der Waals surface area contributed by atoms with Gasteiger partial charge >= 0.3 is 0 Å². The second kappa shape index (κ2) is 4.34. The number of hydrogen-bond donors (Lipinski definition) is 2. The van der Waals surface area contributed by atoms with Gasteiger partial charge in [0.15, 0.2) is 5.82 Å². The average molecular weight is 244 g/mol. The summed E-state index contributed by atoms with van der Waals surface area (Å²) in [5, 5.41) is 3.24. The van der Waals surface area contributed by atoms with Crippen molar-refractivity contribution in [2.45, 2.75) is 13.0 Å². The van der Waals surface area contributed by atoms with E-state index in [1.54, 1.807) is 12.1 Å². The van der Waals surface area contributed by atoms with E-state index in [4.69, 9.17) is 5.73 Å². The van der Waals surface area contributed by atoms with Crippen molar-refractivity contribution in [1.29, 1.82) is 0 Å². The molecule has 18 heavy (non-hydrogen) atoms. The van der Waals surface area contributed by atoms with Gasteiger partial charge in [-0.2, -0.15) is 0 Å². The molecule has 4 nitrogen and oxygen atoms in total. The zero-order valence-electron chi connectivity index (χ0n) is 9.78. The van der Waals surface area contributed by atoms with Crippen LogP contribution in [0.4, 0.5) is 10.2 Å². The lowest BCUT2D eigenvalue weighted by atomic mass is 10.1. The Hall–Kier alpha value is -2.01. The van der Waals surface area contributed by atoms with Crippen molar-refractivity contribution in [2.24, 2.45) is 0 Å². The second-order valence-corrected chi connectivity index (χ2v) is 4.29. The molecule has 0 atom stereocenters. The number of rotatable bonds is 1. The number of nitrogen functional groups attached to an aromatic ring is 1. The highest BCUT2D eigenvalue weighted by Crippen LogP contribution is 2.22. The third-order valence-electron chi connectivity index (χ3n) is 3.07. The van der Waals surface area contributed by atoms with Gasteiger partial charge < -0.3 is 11.1 Å². The third-order valence-corrected chi connectivity index (χ3v) is 3.07. The number of benzene rings is 1. The quantitative estimate of drug-likeness (QED) is 0.798. The van der Waals surface area contributed by atoms with Crippen LogP contribution in [0.15, 0.2) is 24.3 Å². The first-order valence-electron chi connectivity index (χ1n) is 5.86. The standard InChI is InChI=1S/C13H13FN4/c14-9-3-1-8(2-4-9)13-17-11-5-6-16-7-10(11)12(15)18-13/h1-4,16H,5-7H2,(H2,15,17,18). The summed E-state index contributed by atoms with van der Waals surface area (Å²) in [6.07, 6.45) is 0.844. The van der Waals surface area contributed by atoms with Crippen molar-refractivity contribution in [3.63, 3.8) is 0 Å². The van der Waals surface area contributed by atoms with Gasteiger partial charge in [-0.25, -0.2) is 14.4 Å². The summed E-state index contributed by atoms with van der Waals surface area (Å²) in [5.41, 5.74) is 8.69. The zero-order chi connectivity index (χ0) is 12.5. The molecule has 1 aliphatic rings. The normalized spacial score (nSPS) is 14.3. The fourth-order valence-corrected chi connectivity index (χ4v) is 2.10. The van der Waals surface area contributed by atoms with Crippen molar-refractivity contribution >= 4 is 5.82 Å². The molecular formula is C13H13FN4. The first-order chi connectivity index (χ1) is 8.74. The number of nitrogens with one attached hydrogen (secondary N) is 1. The number of halogens is 1. The number of nitrogens with zero attached hydrogens (tertiary/aromatic N) is 2. The largest absolute Gasteiger partial charge is 0.383 e. The highest BCUT2D eigenvalue weighted by molar-refractivity contribution is 5.59. The van der Waals surface area contributed by atoms with Crippen molar-refractivity contribution in [1.82, 2.24) is 15.3 Å². The van der Waals surface area contributed by atoms with Gasteiger partial charge in [-0.15, -0.1) is 0 Å². The number of aromatic nitrogens is 2. The minimum Gasteiger partial charge on any atom is -0.383 e. The smallest absolute Gasteiger partial charge is 0.161 e. The molecule has 2 aromatic rings. The minimum atomic E-state index is -0.270. The molecule has 2 heterocycles. The molecule has 92 valence electrons. The first-order valence-corrected chi connectivity index (χ1v) is 5.86. The molecule has 0 fully saturated rings. The summed E-state index contributed by atoms with van der Waals surface area (Å²) >= 11 is 0. The Kier molecular flexibility index (Phi) is 2.68. The van der Waals surface area contributed by atoms with E-state index in [1.807, 2.05) is 0 Å². The summed E-state index contributed by atoms with van der Waals surface area (Å²) < 4.78 is 12.9. The monoisotopic (exact) mass is 244 g/mol. The van der Waals surface area contributed by atoms with E-state index in [0.717, 1.165) is 29.8 Å². The van der Waals surface area contributed by atoms with E-state index in [2.05, 4.69) is 15.3 Å². The number of nitrogens with two attached hydrogens (primary N) is 1. The van der Waals surface area contributed by atoms with Gasteiger partial charge in [-0.05, 0) is 24.3 Å². The minimum absolute atomic E-state index is 0.270. The molecule has 0 unspecified atom stereocenters. The highest BCUT2D eigenvalue weighted by Gasteiger charge is 2.16. The van der Waals surface area contributed by atoms with Crippen LogP contribution >= 0.6 is 0 Å². The number of anilines is 1. The lowest BCUT2D eigenvalue weighted by Crippen LogP contribution is -2.26. The molecule has 5 heteroatoms. The molecular weight excluding hydrogens is 231 g/mol. The van der Waals surface area contributed by atoms with Crippen LogP contribution in [-0.2, 0) is 13.0 Å². The lowest BCUT2D eigenvalue weighted by molar-refractivity contribution is 0.627. The van der Waals surface area contributed by atoms with Crippen molar-refractivity contribution in [3.05, 3.63) is 41.3 Å². The van der Waals surface area contributed by atoms with Crippen molar-refractivity contribution in [2.75, 3.05) is 12.3 Å². The molecule has 0 saturated carbocycles. The molecule has 0 bridgehead atoms. The summed E-state index contributed by atoms with van der Waals surface area (Å²) in [5.74, 6) is 0.800. The molecule has 3 rings (SSSR count). The topological polar surface area (TPSA) is 63.8 Å². The Labute approximate surface area is 104 Å². The van der Waals surface area contributed by atoms with E-state index < -0.39 is 0 Å². The zero-order valence-corrected chi connectivity index (χ0v) is 9.78. The van der Waals surface area contributed by atoms with Crippen LogP contribution in [0.2, 0.25) is 0 Å². The maximum absolute atomic E-state index is 12.9. The van der Waals surface area contributed by atoms with Gasteiger partial charge in [0, 0.05) is 30.6 Å². The summed E-state index contributed by atoms with van der Waals surface area (Å²) in [7, 11) is 0. The maximum Gasteiger partial charge on any atom is 0.161 e. The summed E-state index contributed by atoms with van der Waals surface area (Å²) in [4.78, 5) is 8.81. The Morgan fingerprint density at radius 3 is 2.72 bits per heavy atom. The average Bonchev–Trinajstić information content (AvgIpc) is 2.39. The van der Waals surface area contributed by atoms with E-state index in [9.17, 15) is 4.39 Å². The van der Waals surface area contributed by atoms with Crippen LogP contribution in [0.25, 0.3) is 11.4 Å². The SMILES string of the molecule is Nc1nc(-c2ccc(F)cc2)nc2c1CNCC2. The Morgan fingerprint density at radius 2 is 1.94 bits per heavy atom. The van der Waals surface area contributed by atoms with Gasteiger partial charge in [-0.1, -0.05) is 0 Å². The molecule has 1 aromatic heterocycles. The van der Waals surface area contributed by atoms with Crippen LogP contribution < -0.4 is 11.1 Å². The van der Waals surface area contributed by atoms with Gasteiger partial charge in [0.05, 0.1) is 5.69 Å². The lowest BCUT2D eigenvalue weighted by Gasteiger charge is -2.18. The highest BCUT2D eigenvalue weighted by atomic mass is 19.1. The van der Waals surface area contributed by atoms with Crippen LogP contribution in [0, 0.1) is 5.82 Å². The van der Waals surface area contributed by atoms with E-state index in [-0.39, 0.29) is 5.82 Å². The first kappa shape index (κ1) is 11.1. The van der Waals surface area contributed by atoms with Crippen LogP contribution in [0.5, 0.6) is 0 Å². The second-order valence-electron chi connectivity index (χ2n) is 4.29. The van der Waals surface area contributed by atoms with Crippen molar-refractivity contribution < 1.29 is 4.39 Å². The molecule has 1 aromatic carbocycles. The van der Waals surface area contributed by atoms with Gasteiger partial charge in [0.2, 0.25) is 0 Å². The maximum atomic E-state index is 12.9. The fraction of sp³-hybridized carbons (Fsp3) is 0.231. The van der Waals surface area contributed by atoms with Crippen LogP contribution in [0.1, 0.15) is 11.3 Å². The Bertz CT molecular complexity index is 580. The van der Waals surface area contributed by atoms with E-state index >= 15 is 0 Å². The number of hydrogen-bond acceptors (Lipinski definition) is 4. The third kappa shape index (κ3) is 1.93. The predicted octanol–water partition coefficient (Wildman–Crippen LogP) is 1.51. The number of fused-ring (bicyclic) bond motifs is 1. The van der Waals surface area contributed by atoms with Gasteiger partial charge in [0.1, 0.15) is 11.6 Å². The molecule has 3 N–H and O–H groups in total. The predicted molar refractivity (Wildman–Crippen MR) is 67.2 cm³/mol. The molecule has 0 radical (unpaired) electrons. The Morgan fingerprint density at radius 1 is 1.17 bits per heavy atom. The van der Waals surface area contributed by atoms with E-state index in [1.165, 1.54) is 12.1 Å². The van der Waals surface area contributed by atoms with Crippen LogP contribution in [0.3, 0.4) is 0 Å². The summed E-state index contributed by atoms with van der Waals surface area (Å²) in [6, 6.07) is 6.13. The fourth-order valence-electron chi connectivity index (χ4n) is 2.10. The molecule has 0 amide bonds. The molecule has 1 aliphatic heterocycles. The summed E-state index contributed by atoms with van der Waals surface area (Å²) in [6.45, 7) is 1.61. The molecule has 0 aliphatic carbocycles. The van der Waals surface area contributed by atoms with Gasteiger partial charge in [0.25, 0.3) is 0 Å². The molecule has 0 spiro atoms. The molecule has 0 saturated heterocycles. The van der Waals surface area contributed by atoms with Gasteiger partial charge in [-0.3, -0.25) is 0 Å².